The van der Waals surface area contributed by atoms with Crippen LogP contribution < -0.4 is 14.5 Å². The number of rotatable bonds is 5. The van der Waals surface area contributed by atoms with Gasteiger partial charge in [0.15, 0.2) is 5.78 Å². The molecule has 1 aliphatic rings. The minimum Gasteiger partial charge on any atom is -0.507 e. The van der Waals surface area contributed by atoms with Crippen LogP contribution in [0.4, 0.5) is 5.69 Å². The lowest BCUT2D eigenvalue weighted by molar-refractivity contribution is -0.914. The fourth-order valence-corrected chi connectivity index (χ4v) is 4.08. The number of nitrogens with one attached hydrogen (secondary N) is 1. The number of phenols is 1. The normalized spacial score (nSPS) is 14.9. The lowest BCUT2D eigenvalue weighted by Gasteiger charge is -2.34. The number of quaternary nitrogens is 1. The smallest absolute Gasteiger partial charge is 0.159 e. The van der Waals surface area contributed by atoms with Gasteiger partial charge in [0.1, 0.15) is 18.0 Å². The first-order valence-corrected chi connectivity index (χ1v) is 10.0. The van der Waals surface area contributed by atoms with E-state index in [0.29, 0.717) is 5.75 Å². The third kappa shape index (κ3) is 4.05. The lowest BCUT2D eigenvalue weighted by Crippen LogP contribution is -3.13. The fraction of sp³-hybridized carbons (Fsp3) is 0.292. The zero-order valence-corrected chi connectivity index (χ0v) is 16.9. The Kier molecular flexibility index (Phi) is 5.41. The number of nitrogens with zero attached hydrogens (tertiary/aromatic N) is 1. The zero-order chi connectivity index (χ0) is 20.4. The number of ether oxygens (including phenoxy) is 1. The summed E-state index contributed by atoms with van der Waals surface area (Å²) in [4.78, 5) is 15.3. The average Bonchev–Trinajstić information content (AvgIpc) is 2.76. The molecule has 0 saturated carbocycles. The topological polar surface area (TPSA) is 54.2 Å². The molecule has 4 rings (SSSR count). The molecule has 0 amide bonds. The van der Waals surface area contributed by atoms with Gasteiger partial charge in [-0.1, -0.05) is 12.1 Å². The molecule has 1 fully saturated rings. The molecule has 29 heavy (non-hydrogen) atoms. The van der Waals surface area contributed by atoms with Crippen molar-refractivity contribution in [3.05, 3.63) is 65.7 Å². The summed E-state index contributed by atoms with van der Waals surface area (Å²) in [6.45, 7) is 6.26. The number of phenolic OH excluding ortho intramolecular Hbond substituents is 1. The van der Waals surface area contributed by atoms with Crippen molar-refractivity contribution in [3.8, 4) is 11.5 Å². The summed E-state index contributed by atoms with van der Waals surface area (Å²) in [6.07, 6.45) is 0. The molecular formula is C24H27N2O3+. The van der Waals surface area contributed by atoms with Gasteiger partial charge in [0.25, 0.3) is 0 Å². The molecule has 0 radical (unpaired) electrons. The van der Waals surface area contributed by atoms with Gasteiger partial charge < -0.3 is 19.6 Å². The van der Waals surface area contributed by atoms with Gasteiger partial charge in [-0.2, -0.15) is 0 Å². The van der Waals surface area contributed by atoms with Crippen LogP contribution in [0.5, 0.6) is 11.5 Å². The minimum atomic E-state index is 0.0948. The van der Waals surface area contributed by atoms with Crippen LogP contribution in [-0.4, -0.2) is 44.2 Å². The molecule has 3 aromatic rings. The van der Waals surface area contributed by atoms with Gasteiger partial charge in [0.2, 0.25) is 0 Å². The molecular weight excluding hydrogens is 364 g/mol. The number of fused-ring (bicyclic) bond motifs is 1. The number of hydrogen-bond donors (Lipinski definition) is 2. The van der Waals surface area contributed by atoms with Crippen molar-refractivity contribution >= 4 is 22.2 Å². The number of carbonyl (C=O) groups is 1. The largest absolute Gasteiger partial charge is 0.507 e. The van der Waals surface area contributed by atoms with Crippen LogP contribution in [0.3, 0.4) is 0 Å². The van der Waals surface area contributed by atoms with E-state index in [1.165, 1.54) is 4.90 Å². The Balaban J connectivity index is 1.47. The molecule has 5 nitrogen and oxygen atoms in total. The predicted molar refractivity (Wildman–Crippen MR) is 115 cm³/mol. The Morgan fingerprint density at radius 2 is 1.76 bits per heavy atom. The van der Waals surface area contributed by atoms with Crippen molar-refractivity contribution in [2.45, 2.75) is 13.5 Å². The number of hydrogen-bond acceptors (Lipinski definition) is 4. The van der Waals surface area contributed by atoms with E-state index in [1.807, 2.05) is 48.5 Å². The standard InChI is InChI=1S/C24H26N2O3/c1-17(27)18-3-7-20(8-4-18)26-13-11-25(12-14-26)16-23-22-15-21(29-2)9-5-19(22)6-10-24(23)28/h3-10,15,28H,11-14,16H2,1-2H3/p+1. The molecule has 1 aliphatic heterocycles. The zero-order valence-electron chi connectivity index (χ0n) is 16.9. The molecule has 0 spiro atoms. The number of carbonyl (C=O) groups excluding carboxylic acids is 1. The minimum absolute atomic E-state index is 0.0948. The van der Waals surface area contributed by atoms with Gasteiger partial charge in [-0.05, 0) is 60.2 Å². The molecule has 0 bridgehead atoms. The number of ketones is 1. The Morgan fingerprint density at radius 3 is 2.41 bits per heavy atom. The highest BCUT2D eigenvalue weighted by atomic mass is 16.5. The van der Waals surface area contributed by atoms with Crippen LogP contribution >= 0.6 is 0 Å². The summed E-state index contributed by atoms with van der Waals surface area (Å²) in [5.74, 6) is 1.25. The Hall–Kier alpha value is -3.05. The van der Waals surface area contributed by atoms with Crippen LogP contribution in [0.25, 0.3) is 10.8 Å². The molecule has 0 atom stereocenters. The number of methoxy groups -OCH3 is 1. The van der Waals surface area contributed by atoms with Crippen molar-refractivity contribution in [3.63, 3.8) is 0 Å². The number of anilines is 1. The molecule has 0 unspecified atom stereocenters. The summed E-state index contributed by atoms with van der Waals surface area (Å²) < 4.78 is 5.38. The molecule has 0 aromatic heterocycles. The SMILES string of the molecule is COc1ccc2ccc(O)c(C[NH+]3CCN(c4ccc(C(C)=O)cc4)CC3)c2c1. The molecule has 5 heteroatoms. The van der Waals surface area contributed by atoms with Gasteiger partial charge in [-0.15, -0.1) is 0 Å². The molecule has 1 heterocycles. The Morgan fingerprint density at radius 1 is 1.07 bits per heavy atom. The van der Waals surface area contributed by atoms with Crippen LogP contribution in [0.15, 0.2) is 54.6 Å². The summed E-state index contributed by atoms with van der Waals surface area (Å²) in [5, 5.41) is 12.7. The van der Waals surface area contributed by atoms with E-state index in [2.05, 4.69) is 4.90 Å². The number of piperazine rings is 1. The molecule has 3 aromatic carbocycles. The van der Waals surface area contributed by atoms with E-state index in [0.717, 1.165) is 66.1 Å². The Bertz CT molecular complexity index is 1020. The quantitative estimate of drug-likeness (QED) is 0.657. The first-order chi connectivity index (χ1) is 14.0. The van der Waals surface area contributed by atoms with E-state index in [-0.39, 0.29) is 5.78 Å². The number of benzene rings is 3. The maximum Gasteiger partial charge on any atom is 0.159 e. The Labute approximate surface area is 171 Å². The maximum absolute atomic E-state index is 11.5. The van der Waals surface area contributed by atoms with Crippen molar-refractivity contribution < 1.29 is 19.5 Å². The van der Waals surface area contributed by atoms with Crippen molar-refractivity contribution in [1.29, 1.82) is 0 Å². The van der Waals surface area contributed by atoms with Crippen molar-refractivity contribution in [1.82, 2.24) is 0 Å². The van der Waals surface area contributed by atoms with E-state index in [1.54, 1.807) is 20.1 Å². The predicted octanol–water partition coefficient (Wildman–Crippen LogP) is 2.66. The van der Waals surface area contributed by atoms with E-state index < -0.39 is 0 Å². The molecule has 2 N–H and O–H groups in total. The summed E-state index contributed by atoms with van der Waals surface area (Å²) in [6, 6.07) is 17.6. The van der Waals surface area contributed by atoms with E-state index >= 15 is 0 Å². The fourth-order valence-electron chi connectivity index (χ4n) is 4.08. The second-order valence-corrected chi connectivity index (χ2v) is 7.67. The maximum atomic E-state index is 11.5. The number of Topliss-reactive ketones (excluding diaryl/α,β-unsaturated/α-hetero) is 1. The molecule has 150 valence electrons. The first kappa shape index (κ1) is 19.3. The van der Waals surface area contributed by atoms with Crippen LogP contribution in [0, 0.1) is 0 Å². The highest BCUT2D eigenvalue weighted by molar-refractivity contribution is 5.94. The van der Waals surface area contributed by atoms with Gasteiger partial charge in [-0.25, -0.2) is 0 Å². The van der Waals surface area contributed by atoms with Crippen molar-refractivity contribution in [2.24, 2.45) is 0 Å². The second-order valence-electron chi connectivity index (χ2n) is 7.67. The van der Waals surface area contributed by atoms with Gasteiger partial charge >= 0.3 is 0 Å². The van der Waals surface area contributed by atoms with E-state index in [9.17, 15) is 9.90 Å². The highest BCUT2D eigenvalue weighted by Gasteiger charge is 2.22. The average molecular weight is 391 g/mol. The van der Waals surface area contributed by atoms with Gasteiger partial charge in [-0.3, -0.25) is 4.79 Å². The lowest BCUT2D eigenvalue weighted by atomic mass is 10.0. The monoisotopic (exact) mass is 391 g/mol. The third-order valence-corrected chi connectivity index (χ3v) is 5.85. The van der Waals surface area contributed by atoms with Crippen LogP contribution in [-0.2, 0) is 6.54 Å². The summed E-state index contributed by atoms with van der Waals surface area (Å²) >= 11 is 0. The van der Waals surface area contributed by atoms with Crippen molar-refractivity contribution in [2.75, 3.05) is 38.2 Å². The van der Waals surface area contributed by atoms with Gasteiger partial charge in [0.05, 0.1) is 38.9 Å². The first-order valence-electron chi connectivity index (χ1n) is 10.0. The summed E-state index contributed by atoms with van der Waals surface area (Å²) in [7, 11) is 1.66. The third-order valence-electron chi connectivity index (χ3n) is 5.85. The van der Waals surface area contributed by atoms with Crippen LogP contribution in [0.2, 0.25) is 0 Å². The summed E-state index contributed by atoms with van der Waals surface area (Å²) in [5.41, 5.74) is 2.89. The van der Waals surface area contributed by atoms with Gasteiger partial charge in [0, 0.05) is 11.3 Å². The van der Waals surface area contributed by atoms with Crippen LogP contribution in [0.1, 0.15) is 22.8 Å². The highest BCUT2D eigenvalue weighted by Crippen LogP contribution is 2.29. The molecule has 0 aliphatic carbocycles. The van der Waals surface area contributed by atoms with E-state index in [4.69, 9.17) is 4.74 Å². The number of aromatic hydroxyl groups is 1. The second kappa shape index (κ2) is 8.13. The molecule has 1 saturated heterocycles.